The topological polar surface area (TPSA) is 92.7 Å². The number of hydrogen-bond acceptors (Lipinski definition) is 6. The van der Waals surface area contributed by atoms with E-state index in [2.05, 4.69) is 21.3 Å². The van der Waals surface area contributed by atoms with Gasteiger partial charge in [-0.3, -0.25) is 4.79 Å². The number of aliphatic hydroxyl groups excluding tert-OH is 1. The zero-order valence-corrected chi connectivity index (χ0v) is 13.2. The quantitative estimate of drug-likeness (QED) is 0.559. The van der Waals surface area contributed by atoms with Crippen molar-refractivity contribution in [2.24, 2.45) is 0 Å². The molecule has 8 heteroatoms. The summed E-state index contributed by atoms with van der Waals surface area (Å²) in [7, 11) is -2.29. The van der Waals surface area contributed by atoms with Crippen LogP contribution in [0, 0.1) is 11.8 Å². The van der Waals surface area contributed by atoms with Gasteiger partial charge in [0, 0.05) is 17.8 Å². The Morgan fingerprint density at radius 2 is 2.24 bits per heavy atom. The third-order valence-electron chi connectivity index (χ3n) is 2.38. The monoisotopic (exact) mass is 331 g/mol. The second-order valence-corrected chi connectivity index (χ2v) is 7.10. The summed E-state index contributed by atoms with van der Waals surface area (Å²) in [5.41, 5.74) is 0. The van der Waals surface area contributed by atoms with E-state index in [1.807, 2.05) is 0 Å². The molecule has 21 heavy (non-hydrogen) atoms. The van der Waals surface area contributed by atoms with Crippen LogP contribution in [0.1, 0.15) is 22.6 Å². The molecule has 0 spiro atoms. The lowest BCUT2D eigenvalue weighted by Crippen LogP contribution is -2.27. The molecule has 0 aromatic carbocycles. The van der Waals surface area contributed by atoms with Gasteiger partial charge < -0.3 is 9.84 Å². The fourth-order valence-corrected chi connectivity index (χ4v) is 3.19. The number of carbonyl (C=O) groups excluding carboxylic acids is 1. The summed E-state index contributed by atoms with van der Waals surface area (Å²) in [6, 6.07) is 3.59. The van der Waals surface area contributed by atoms with E-state index in [4.69, 9.17) is 5.11 Å². The summed E-state index contributed by atoms with van der Waals surface area (Å²) in [6.45, 7) is 0.182. The van der Waals surface area contributed by atoms with E-state index in [9.17, 15) is 13.2 Å². The molecule has 1 heterocycles. The molecule has 1 rings (SSSR count). The molecule has 116 valence electrons. The van der Waals surface area contributed by atoms with E-state index in [0.29, 0.717) is 6.42 Å². The molecule has 0 aliphatic carbocycles. The van der Waals surface area contributed by atoms with Gasteiger partial charge in [-0.2, -0.15) is 0 Å². The lowest BCUT2D eigenvalue weighted by atomic mass is 10.4. The first-order chi connectivity index (χ1) is 9.96. The van der Waals surface area contributed by atoms with Crippen molar-refractivity contribution in [1.29, 1.82) is 0 Å². The molecule has 0 aliphatic heterocycles. The van der Waals surface area contributed by atoms with Gasteiger partial charge in [0.2, 0.25) is 10.0 Å². The maximum Gasteiger partial charge on any atom is 0.306 e. The highest BCUT2D eigenvalue weighted by molar-refractivity contribution is 7.89. The zero-order chi connectivity index (χ0) is 15.7. The lowest BCUT2D eigenvalue weighted by Gasteiger charge is -2.04. The van der Waals surface area contributed by atoms with Crippen LogP contribution in [-0.2, 0) is 26.1 Å². The number of esters is 1. The molecule has 0 fully saturated rings. The third-order valence-corrected chi connectivity index (χ3v) is 4.71. The minimum Gasteiger partial charge on any atom is -0.469 e. The van der Waals surface area contributed by atoms with Gasteiger partial charge in [-0.1, -0.05) is 11.8 Å². The summed E-state index contributed by atoms with van der Waals surface area (Å²) in [6.07, 6.45) is 0.238. The van der Waals surface area contributed by atoms with Crippen molar-refractivity contribution in [2.45, 2.75) is 19.4 Å². The van der Waals surface area contributed by atoms with E-state index >= 15 is 0 Å². The Morgan fingerprint density at radius 1 is 1.48 bits per heavy atom. The molecular formula is C13H17NO5S2. The number of methoxy groups -OCH3 is 1. The Bertz CT molecular complexity index is 624. The van der Waals surface area contributed by atoms with Crippen molar-refractivity contribution in [3.63, 3.8) is 0 Å². The highest BCUT2D eigenvalue weighted by Crippen LogP contribution is 2.15. The molecular weight excluding hydrogens is 314 g/mol. The smallest absolute Gasteiger partial charge is 0.306 e. The number of thiophene rings is 1. The Hall–Kier alpha value is -1.40. The van der Waals surface area contributed by atoms with Crippen molar-refractivity contribution in [1.82, 2.24) is 4.72 Å². The predicted octanol–water partition coefficient (Wildman–Crippen LogP) is 0.464. The van der Waals surface area contributed by atoms with Crippen molar-refractivity contribution in [3.8, 4) is 11.8 Å². The number of rotatable bonds is 7. The van der Waals surface area contributed by atoms with Crippen molar-refractivity contribution in [2.75, 3.05) is 19.5 Å². The number of ether oxygens (including phenoxy) is 1. The number of carbonyl (C=O) groups is 1. The van der Waals surface area contributed by atoms with E-state index in [0.717, 1.165) is 9.75 Å². The van der Waals surface area contributed by atoms with E-state index in [1.54, 1.807) is 12.1 Å². The zero-order valence-electron chi connectivity index (χ0n) is 11.6. The standard InChI is InChI=1S/C13H17NO5S2/c1-19-13(16)7-9-21(17,18)14-10-12-6-5-11(20-12)4-2-3-8-15/h5-6,14-15H,3,7-10H2,1H3. The average molecular weight is 331 g/mol. The summed E-state index contributed by atoms with van der Waals surface area (Å²) < 4.78 is 30.2. The van der Waals surface area contributed by atoms with Crippen molar-refractivity contribution in [3.05, 3.63) is 21.9 Å². The first-order valence-corrected chi connectivity index (χ1v) is 8.66. The van der Waals surface area contributed by atoms with E-state index in [1.165, 1.54) is 18.4 Å². The molecule has 6 nitrogen and oxygen atoms in total. The molecule has 0 saturated carbocycles. The van der Waals surface area contributed by atoms with Gasteiger partial charge in [-0.25, -0.2) is 13.1 Å². The highest BCUT2D eigenvalue weighted by atomic mass is 32.2. The lowest BCUT2D eigenvalue weighted by molar-refractivity contribution is -0.140. The van der Waals surface area contributed by atoms with Crippen LogP contribution in [0.3, 0.4) is 0 Å². The van der Waals surface area contributed by atoms with Crippen LogP contribution in [0.5, 0.6) is 0 Å². The van der Waals surface area contributed by atoms with Crippen molar-refractivity contribution >= 4 is 27.3 Å². The van der Waals surface area contributed by atoms with Gasteiger partial charge in [0.15, 0.2) is 0 Å². The molecule has 0 amide bonds. The molecule has 1 aromatic rings. The van der Waals surface area contributed by atoms with Crippen LogP contribution in [-0.4, -0.2) is 39.0 Å². The van der Waals surface area contributed by atoms with Gasteiger partial charge in [-0.05, 0) is 12.1 Å². The summed E-state index contributed by atoms with van der Waals surface area (Å²) >= 11 is 1.38. The molecule has 1 aromatic heterocycles. The maximum atomic E-state index is 11.7. The summed E-state index contributed by atoms with van der Waals surface area (Å²) in [4.78, 5) is 12.6. The summed E-state index contributed by atoms with van der Waals surface area (Å²) in [5, 5.41) is 8.62. The van der Waals surface area contributed by atoms with E-state index < -0.39 is 16.0 Å². The van der Waals surface area contributed by atoms with Crippen LogP contribution in [0.15, 0.2) is 12.1 Å². The second-order valence-electron chi connectivity index (χ2n) is 4.01. The number of nitrogens with one attached hydrogen (secondary N) is 1. The molecule has 0 aliphatic rings. The first-order valence-electron chi connectivity index (χ1n) is 6.19. The van der Waals surface area contributed by atoms with Crippen molar-refractivity contribution < 1.29 is 23.1 Å². The molecule has 0 radical (unpaired) electrons. The Labute approximate surface area is 128 Å². The van der Waals surface area contributed by atoms with Crippen LogP contribution in [0.4, 0.5) is 0 Å². The molecule has 0 saturated heterocycles. The minimum atomic E-state index is -3.51. The average Bonchev–Trinajstić information content (AvgIpc) is 2.91. The van der Waals surface area contributed by atoms with Gasteiger partial charge in [0.1, 0.15) is 0 Å². The van der Waals surface area contributed by atoms with E-state index in [-0.39, 0.29) is 25.3 Å². The Kier molecular flexibility index (Phi) is 7.39. The van der Waals surface area contributed by atoms with Gasteiger partial charge in [0.25, 0.3) is 0 Å². The Morgan fingerprint density at radius 3 is 2.90 bits per heavy atom. The molecule has 0 bridgehead atoms. The number of hydrogen-bond donors (Lipinski definition) is 2. The Balaban J connectivity index is 2.48. The predicted molar refractivity (Wildman–Crippen MR) is 80.2 cm³/mol. The van der Waals surface area contributed by atoms with Gasteiger partial charge in [-0.15, -0.1) is 11.3 Å². The molecule has 0 unspecified atom stereocenters. The van der Waals surface area contributed by atoms with Gasteiger partial charge in [0.05, 0.1) is 30.8 Å². The van der Waals surface area contributed by atoms with Crippen LogP contribution < -0.4 is 4.72 Å². The molecule has 0 atom stereocenters. The fourth-order valence-electron chi connectivity index (χ4n) is 1.32. The number of aliphatic hydroxyl groups is 1. The third kappa shape index (κ3) is 7.24. The van der Waals surface area contributed by atoms with Crippen LogP contribution >= 0.6 is 11.3 Å². The second kappa shape index (κ2) is 8.79. The minimum absolute atomic E-state index is 0.0191. The highest BCUT2D eigenvalue weighted by Gasteiger charge is 2.13. The fraction of sp³-hybridized carbons (Fsp3) is 0.462. The maximum absolute atomic E-state index is 11.7. The normalized spacial score (nSPS) is 10.8. The van der Waals surface area contributed by atoms with Crippen LogP contribution in [0.25, 0.3) is 0 Å². The largest absolute Gasteiger partial charge is 0.469 e. The van der Waals surface area contributed by atoms with Gasteiger partial charge >= 0.3 is 5.97 Å². The number of sulfonamides is 1. The summed E-state index contributed by atoms with van der Waals surface area (Å²) in [5.74, 6) is 4.82. The van der Waals surface area contributed by atoms with Crippen LogP contribution in [0.2, 0.25) is 0 Å². The SMILES string of the molecule is COC(=O)CCS(=O)(=O)NCc1ccc(C#CCCO)s1. The first kappa shape index (κ1) is 17.7. The molecule has 2 N–H and O–H groups in total.